The molecule has 1 amide bonds. The summed E-state index contributed by atoms with van der Waals surface area (Å²) < 4.78 is 5.43. The Morgan fingerprint density at radius 3 is 1.96 bits per heavy atom. The number of hydrogen-bond donors (Lipinski definition) is 2. The first-order valence-electron chi connectivity index (χ1n) is 8.60. The number of carboxylic acids is 2. The van der Waals surface area contributed by atoms with Crippen LogP contribution >= 0.6 is 0 Å². The van der Waals surface area contributed by atoms with E-state index >= 15 is 0 Å². The van der Waals surface area contributed by atoms with Gasteiger partial charge in [0, 0.05) is 13.1 Å². The topological polar surface area (TPSA) is 104 Å². The molecule has 0 bridgehead atoms. The van der Waals surface area contributed by atoms with E-state index in [2.05, 4.69) is 0 Å². The van der Waals surface area contributed by atoms with Crippen LogP contribution in [0.25, 0.3) is 0 Å². The standard InChI is InChI=1S/C19H23NO6/c1-18(2,3)26-17(25)20-5-4-19(10-20)8-11-6-13(15(21)22)14(16(23)24)7-12(11)9-19/h6-7H,4-5,8-10H2,1-3H3,(H,21,22)(H,23,24). The van der Waals surface area contributed by atoms with Crippen molar-refractivity contribution >= 4 is 18.0 Å². The second-order valence-corrected chi connectivity index (χ2v) is 8.28. The first-order valence-corrected chi connectivity index (χ1v) is 8.60. The molecule has 0 saturated carbocycles. The van der Waals surface area contributed by atoms with Gasteiger partial charge in [-0.05, 0) is 68.7 Å². The molecule has 2 aliphatic rings. The highest BCUT2D eigenvalue weighted by Crippen LogP contribution is 2.44. The molecule has 0 atom stereocenters. The molecule has 0 radical (unpaired) electrons. The number of ether oxygens (including phenoxy) is 1. The fourth-order valence-corrected chi connectivity index (χ4v) is 3.95. The zero-order valence-electron chi connectivity index (χ0n) is 15.2. The van der Waals surface area contributed by atoms with Crippen molar-refractivity contribution in [3.63, 3.8) is 0 Å². The molecule has 7 heteroatoms. The molecule has 1 spiro atoms. The molecule has 1 aromatic rings. The molecule has 0 unspecified atom stereocenters. The van der Waals surface area contributed by atoms with E-state index in [1.54, 1.807) is 4.90 Å². The zero-order valence-corrected chi connectivity index (χ0v) is 15.2. The summed E-state index contributed by atoms with van der Waals surface area (Å²) in [6.07, 6.45) is 1.72. The highest BCUT2D eigenvalue weighted by Gasteiger charge is 2.45. The molecule has 1 fully saturated rings. The fraction of sp³-hybridized carbons (Fsp3) is 0.526. The van der Waals surface area contributed by atoms with Crippen molar-refractivity contribution in [2.45, 2.75) is 45.6 Å². The van der Waals surface area contributed by atoms with Crippen LogP contribution in [0.2, 0.25) is 0 Å². The zero-order chi connectivity index (χ0) is 19.3. The summed E-state index contributed by atoms with van der Waals surface area (Å²) in [6.45, 7) is 6.58. The Labute approximate surface area is 151 Å². The quantitative estimate of drug-likeness (QED) is 0.839. The lowest BCUT2D eigenvalue weighted by Gasteiger charge is -2.26. The lowest BCUT2D eigenvalue weighted by molar-refractivity contribution is 0.0273. The van der Waals surface area contributed by atoms with Crippen molar-refractivity contribution in [3.8, 4) is 0 Å². The van der Waals surface area contributed by atoms with E-state index < -0.39 is 17.5 Å². The van der Waals surface area contributed by atoms with Gasteiger partial charge in [0.1, 0.15) is 5.60 Å². The maximum Gasteiger partial charge on any atom is 0.410 e. The summed E-state index contributed by atoms with van der Waals surface area (Å²) in [5.41, 5.74) is 0.618. The van der Waals surface area contributed by atoms with Crippen LogP contribution in [0.15, 0.2) is 12.1 Å². The Balaban J connectivity index is 1.82. The van der Waals surface area contributed by atoms with Gasteiger partial charge in [-0.3, -0.25) is 0 Å². The van der Waals surface area contributed by atoms with Gasteiger partial charge >= 0.3 is 18.0 Å². The monoisotopic (exact) mass is 361 g/mol. The Morgan fingerprint density at radius 1 is 1.04 bits per heavy atom. The van der Waals surface area contributed by atoms with Gasteiger partial charge in [-0.1, -0.05) is 0 Å². The molecule has 26 heavy (non-hydrogen) atoms. The van der Waals surface area contributed by atoms with E-state index in [0.29, 0.717) is 25.9 Å². The minimum atomic E-state index is -1.24. The molecular weight excluding hydrogens is 338 g/mol. The molecule has 1 saturated heterocycles. The van der Waals surface area contributed by atoms with Gasteiger partial charge in [0.2, 0.25) is 0 Å². The lowest BCUT2D eigenvalue weighted by atomic mass is 9.84. The van der Waals surface area contributed by atoms with Gasteiger partial charge in [0.15, 0.2) is 0 Å². The third-order valence-electron chi connectivity index (χ3n) is 5.02. The van der Waals surface area contributed by atoms with Gasteiger partial charge in [0.25, 0.3) is 0 Å². The third-order valence-corrected chi connectivity index (χ3v) is 5.02. The van der Waals surface area contributed by atoms with Crippen LogP contribution in [0.3, 0.4) is 0 Å². The van der Waals surface area contributed by atoms with Crippen LogP contribution in [0.1, 0.15) is 59.0 Å². The average Bonchev–Trinajstić information content (AvgIpc) is 3.06. The minimum absolute atomic E-state index is 0.174. The largest absolute Gasteiger partial charge is 0.478 e. The summed E-state index contributed by atoms with van der Waals surface area (Å²) >= 11 is 0. The number of carbonyl (C=O) groups is 3. The van der Waals surface area contributed by atoms with Gasteiger partial charge < -0.3 is 19.8 Å². The Morgan fingerprint density at radius 2 is 1.54 bits per heavy atom. The SMILES string of the molecule is CC(C)(C)OC(=O)N1CCC2(Cc3cc(C(=O)O)c(C(=O)O)cc3C2)C1. The van der Waals surface area contributed by atoms with Crippen LogP contribution in [-0.4, -0.2) is 51.8 Å². The van der Waals surface area contributed by atoms with Crippen molar-refractivity contribution in [1.29, 1.82) is 0 Å². The van der Waals surface area contributed by atoms with Gasteiger partial charge in [-0.15, -0.1) is 0 Å². The number of carbonyl (C=O) groups excluding carboxylic acids is 1. The van der Waals surface area contributed by atoms with E-state index in [1.807, 2.05) is 20.8 Å². The number of rotatable bonds is 2. The molecule has 2 N–H and O–H groups in total. The smallest absolute Gasteiger partial charge is 0.410 e. The fourth-order valence-electron chi connectivity index (χ4n) is 3.95. The summed E-state index contributed by atoms with van der Waals surface area (Å²) in [4.78, 5) is 36.8. The molecule has 1 aliphatic heterocycles. The van der Waals surface area contributed by atoms with Crippen LogP contribution < -0.4 is 0 Å². The predicted molar refractivity (Wildman–Crippen MR) is 92.6 cm³/mol. The maximum absolute atomic E-state index is 12.3. The van der Waals surface area contributed by atoms with Crippen LogP contribution in [-0.2, 0) is 17.6 Å². The normalized spacial score (nSPS) is 18.0. The molecule has 1 aliphatic carbocycles. The Hall–Kier alpha value is -2.57. The number of amides is 1. The Kier molecular flexibility index (Phi) is 4.21. The van der Waals surface area contributed by atoms with Gasteiger partial charge in [0.05, 0.1) is 11.1 Å². The highest BCUT2D eigenvalue weighted by atomic mass is 16.6. The Bertz CT molecular complexity index is 749. The lowest BCUT2D eigenvalue weighted by Crippen LogP contribution is -2.37. The summed E-state index contributed by atoms with van der Waals surface area (Å²) in [5, 5.41) is 18.6. The second-order valence-electron chi connectivity index (χ2n) is 8.28. The number of aromatic carboxylic acids is 2. The highest BCUT2D eigenvalue weighted by molar-refractivity contribution is 6.02. The summed E-state index contributed by atoms with van der Waals surface area (Å²) in [5.74, 6) is -2.49. The molecule has 7 nitrogen and oxygen atoms in total. The number of likely N-dealkylation sites (tertiary alicyclic amines) is 1. The van der Waals surface area contributed by atoms with E-state index in [-0.39, 0.29) is 22.6 Å². The second kappa shape index (κ2) is 6.00. The average molecular weight is 361 g/mol. The van der Waals surface area contributed by atoms with Gasteiger partial charge in [-0.25, -0.2) is 14.4 Å². The van der Waals surface area contributed by atoms with Crippen molar-refractivity contribution in [1.82, 2.24) is 4.90 Å². The number of benzene rings is 1. The van der Waals surface area contributed by atoms with Crippen molar-refractivity contribution < 1.29 is 29.3 Å². The van der Waals surface area contributed by atoms with Crippen LogP contribution in [0.4, 0.5) is 4.79 Å². The maximum atomic E-state index is 12.3. The summed E-state index contributed by atoms with van der Waals surface area (Å²) in [6, 6.07) is 2.96. The first-order chi connectivity index (χ1) is 12.0. The van der Waals surface area contributed by atoms with E-state index in [9.17, 15) is 24.6 Å². The summed E-state index contributed by atoms with van der Waals surface area (Å²) in [7, 11) is 0. The molecule has 1 heterocycles. The number of fused-ring (bicyclic) bond motifs is 1. The van der Waals surface area contributed by atoms with Crippen LogP contribution in [0.5, 0.6) is 0 Å². The molecule has 0 aromatic heterocycles. The number of carboxylic acid groups (broad SMARTS) is 2. The van der Waals surface area contributed by atoms with Crippen LogP contribution in [0, 0.1) is 5.41 Å². The van der Waals surface area contributed by atoms with E-state index in [1.165, 1.54) is 12.1 Å². The molecular formula is C19H23NO6. The van der Waals surface area contributed by atoms with E-state index in [0.717, 1.165) is 17.5 Å². The minimum Gasteiger partial charge on any atom is -0.478 e. The number of hydrogen-bond acceptors (Lipinski definition) is 4. The third kappa shape index (κ3) is 3.38. The molecule has 1 aromatic carbocycles. The first kappa shape index (κ1) is 18.2. The molecule has 3 rings (SSSR count). The van der Waals surface area contributed by atoms with E-state index in [4.69, 9.17) is 4.74 Å². The number of nitrogens with zero attached hydrogens (tertiary/aromatic N) is 1. The van der Waals surface area contributed by atoms with Crippen molar-refractivity contribution in [2.75, 3.05) is 13.1 Å². The van der Waals surface area contributed by atoms with Crippen molar-refractivity contribution in [3.05, 3.63) is 34.4 Å². The van der Waals surface area contributed by atoms with Gasteiger partial charge in [-0.2, -0.15) is 0 Å². The van der Waals surface area contributed by atoms with Crippen molar-refractivity contribution in [2.24, 2.45) is 5.41 Å². The predicted octanol–water partition coefficient (Wildman–Crippen LogP) is 2.81. The molecule has 140 valence electrons.